The van der Waals surface area contributed by atoms with Crippen LogP contribution >= 0.6 is 0 Å². The summed E-state index contributed by atoms with van der Waals surface area (Å²) in [6.45, 7) is 20.7. The van der Waals surface area contributed by atoms with Crippen LogP contribution in [0, 0.1) is 13.8 Å². The molecule has 0 saturated heterocycles. The quantitative estimate of drug-likeness (QED) is 0.0532. The fourth-order valence-corrected chi connectivity index (χ4v) is 8.37. The van der Waals surface area contributed by atoms with Crippen molar-refractivity contribution in [2.45, 2.75) is 139 Å². The SMILES string of the molecule is C=CC1=C(C)c2cc3[n-]c(cc4nc(cc5[n-]c(cc1n2)c(C)c5CCC(=O)O)C(CCC(=O)O)=C4C=O)c(C)c3[C@@H](O)CC/C=C(\C)CC/C=C(/C)CC/C=C(\C)CCC=C(C)C.[Fe+2]. The van der Waals surface area contributed by atoms with Gasteiger partial charge in [0.25, 0.3) is 0 Å². The molecule has 0 unspecified atom stereocenters. The minimum atomic E-state index is -1.02. The summed E-state index contributed by atoms with van der Waals surface area (Å²) in [6, 6.07) is 7.15. The average molecular weight is 921 g/mol. The molecule has 0 aromatic carbocycles. The van der Waals surface area contributed by atoms with Gasteiger partial charge in [-0.15, -0.1) is 22.1 Å². The Labute approximate surface area is 394 Å². The zero-order chi connectivity index (χ0) is 46.7. The first-order valence-electron chi connectivity index (χ1n) is 22.4. The largest absolute Gasteiger partial charge is 2.00 e. The maximum atomic E-state index is 12.8. The van der Waals surface area contributed by atoms with Gasteiger partial charge in [0.1, 0.15) is 0 Å². The molecule has 5 rings (SSSR count). The first-order chi connectivity index (χ1) is 30.5. The number of aromatic nitrogens is 4. The van der Waals surface area contributed by atoms with Gasteiger partial charge >= 0.3 is 29.0 Å². The number of carbonyl (C=O) groups excluding carboxylic acids is 1. The Kier molecular flexibility index (Phi) is 19.3. The smallest absolute Gasteiger partial charge is 0.657 e. The van der Waals surface area contributed by atoms with E-state index in [2.05, 4.69) is 65.5 Å². The molecule has 5 heterocycles. The number of carboxylic acid groups (broad SMARTS) is 2. The number of aliphatic hydroxyl groups is 1. The summed E-state index contributed by atoms with van der Waals surface area (Å²) in [4.78, 5) is 56.2. The number of hydrogen-bond donors (Lipinski definition) is 3. The van der Waals surface area contributed by atoms with Crippen molar-refractivity contribution in [3.8, 4) is 0 Å². The second-order valence-corrected chi connectivity index (χ2v) is 17.4. The number of aliphatic carboxylic acids is 2. The zero-order valence-electron chi connectivity index (χ0n) is 39.3. The molecule has 2 aliphatic rings. The van der Waals surface area contributed by atoms with E-state index < -0.39 is 18.0 Å². The number of aryl methyl sites for hydroxylation is 3. The number of fused-ring (bicyclic) bond motifs is 8. The van der Waals surface area contributed by atoms with Gasteiger partial charge in [-0.25, -0.2) is 9.97 Å². The van der Waals surface area contributed by atoms with Crippen molar-refractivity contribution >= 4 is 62.6 Å². The molecule has 0 fully saturated rings. The van der Waals surface area contributed by atoms with Gasteiger partial charge in [0.2, 0.25) is 0 Å². The summed E-state index contributed by atoms with van der Waals surface area (Å²) in [5.74, 6) is -1.98. The van der Waals surface area contributed by atoms with E-state index in [1.807, 2.05) is 32.9 Å². The van der Waals surface area contributed by atoms with Gasteiger partial charge in [-0.1, -0.05) is 100 Å². The van der Waals surface area contributed by atoms with Crippen LogP contribution in [0.5, 0.6) is 0 Å². The summed E-state index contributed by atoms with van der Waals surface area (Å²) in [7, 11) is 0. The molecular formula is C54H64FeN4O6. The second-order valence-electron chi connectivity index (χ2n) is 17.4. The molecule has 10 nitrogen and oxygen atoms in total. The fraction of sp³-hybridized carbons (Fsp3) is 0.389. The molecule has 11 heteroatoms. The topological polar surface area (TPSA) is 166 Å². The van der Waals surface area contributed by atoms with Crippen molar-refractivity contribution in [3.63, 3.8) is 0 Å². The van der Waals surface area contributed by atoms with Crippen LogP contribution in [0.3, 0.4) is 0 Å². The van der Waals surface area contributed by atoms with Crippen LogP contribution in [0.4, 0.5) is 0 Å². The molecule has 3 aromatic heterocycles. The van der Waals surface area contributed by atoms with Crippen LogP contribution in [0.15, 0.2) is 83.5 Å². The predicted molar refractivity (Wildman–Crippen MR) is 259 cm³/mol. The first kappa shape index (κ1) is 52.0. The van der Waals surface area contributed by atoms with Crippen molar-refractivity contribution in [2.24, 2.45) is 0 Å². The Balaban J connectivity index is 0.00000925. The number of allylic oxidation sites excluding steroid dienone is 13. The Hall–Kier alpha value is -5.61. The number of aliphatic hydroxyl groups excluding tert-OH is 1. The van der Waals surface area contributed by atoms with Gasteiger partial charge in [0.15, 0.2) is 6.29 Å². The van der Waals surface area contributed by atoms with E-state index in [9.17, 15) is 29.7 Å². The van der Waals surface area contributed by atoms with Crippen molar-refractivity contribution < 1.29 is 46.8 Å². The van der Waals surface area contributed by atoms with E-state index in [-0.39, 0.29) is 48.3 Å². The van der Waals surface area contributed by atoms with E-state index in [0.717, 1.165) is 60.8 Å². The number of rotatable bonds is 21. The summed E-state index contributed by atoms with van der Waals surface area (Å²) >= 11 is 0. The number of aldehydes is 1. The third-order valence-electron chi connectivity index (χ3n) is 12.2. The maximum Gasteiger partial charge on any atom is 2.00 e. The van der Waals surface area contributed by atoms with Gasteiger partial charge in [-0.05, 0) is 136 Å². The molecule has 0 amide bonds. The summed E-state index contributed by atoms with van der Waals surface area (Å²) in [5, 5.41) is 31.2. The molecule has 0 aliphatic carbocycles. The number of nitrogens with zero attached hydrogens (tertiary/aromatic N) is 4. The molecule has 344 valence electrons. The van der Waals surface area contributed by atoms with Crippen LogP contribution in [0.1, 0.15) is 163 Å². The van der Waals surface area contributed by atoms with E-state index in [1.54, 1.807) is 18.2 Å². The minimum absolute atomic E-state index is 0. The average Bonchev–Trinajstić information content (AvgIpc) is 3.91. The predicted octanol–water partition coefficient (Wildman–Crippen LogP) is 12.3. The van der Waals surface area contributed by atoms with Gasteiger partial charge in [0.05, 0.1) is 28.9 Å². The van der Waals surface area contributed by atoms with Crippen LogP contribution < -0.4 is 9.97 Å². The normalized spacial score (nSPS) is 13.8. The third-order valence-corrected chi connectivity index (χ3v) is 12.2. The zero-order valence-corrected chi connectivity index (χ0v) is 40.4. The monoisotopic (exact) mass is 920 g/mol. The molecule has 1 atom stereocenters. The number of carbonyl (C=O) groups is 3. The van der Waals surface area contributed by atoms with Gasteiger partial charge < -0.3 is 25.3 Å². The molecule has 65 heavy (non-hydrogen) atoms. The summed E-state index contributed by atoms with van der Waals surface area (Å²) in [5.41, 5.74) is 14.8. The Morgan fingerprint density at radius 3 is 1.71 bits per heavy atom. The molecule has 2 aliphatic heterocycles. The minimum Gasteiger partial charge on any atom is -0.657 e. The standard InChI is InChI=1S/C54H66N4O6.Fe/c1-10-39-36(7)44-29-50-54(51(60)22-14-21-35(6)20-13-19-34(5)18-12-17-33(4)16-11-15-32(2)3)38(9)45(57-50)28-49-42(31-59)41(24-26-53(63)64)48(58-49)30-47-40(23-25-52(61)62)37(8)43(56-47)27-46(39)55-44;/h10,15,17,19,21,27-31,51,60H,1,11-14,16,18,20,22-26H2,2-9H3,(H4,55,56,57,58,59,61,62,63,64);/q;+2/p-2/b33-17+,34-19-,35-21+,43-27?,44-29?,45-28?,46-27?,47-30?,48-30?,49-28?,50-29?;/t51-;/m0./s1. The Morgan fingerprint density at radius 2 is 1.14 bits per heavy atom. The van der Waals surface area contributed by atoms with Crippen molar-refractivity contribution in [3.05, 3.63) is 129 Å². The van der Waals surface area contributed by atoms with Crippen LogP contribution in [0.25, 0.3) is 44.4 Å². The molecule has 8 bridgehead atoms. The molecule has 0 saturated carbocycles. The first-order valence-corrected chi connectivity index (χ1v) is 22.4. The van der Waals surface area contributed by atoms with Crippen LogP contribution in [0.2, 0.25) is 0 Å². The fourth-order valence-electron chi connectivity index (χ4n) is 8.37. The number of hydrogen-bond acceptors (Lipinski definition) is 6. The molecular weight excluding hydrogens is 856 g/mol. The Bertz CT molecular complexity index is 2660. The van der Waals surface area contributed by atoms with E-state index in [1.165, 1.54) is 22.3 Å². The van der Waals surface area contributed by atoms with E-state index in [0.29, 0.717) is 80.7 Å². The Morgan fingerprint density at radius 1 is 0.646 bits per heavy atom. The van der Waals surface area contributed by atoms with Gasteiger partial charge in [-0.3, -0.25) is 14.4 Å². The summed E-state index contributed by atoms with van der Waals surface area (Å²) in [6.07, 6.45) is 18.0. The molecule has 0 radical (unpaired) electrons. The van der Waals surface area contributed by atoms with Crippen LogP contribution in [-0.4, -0.2) is 43.5 Å². The summed E-state index contributed by atoms with van der Waals surface area (Å²) < 4.78 is 0. The van der Waals surface area contributed by atoms with Gasteiger partial charge in [0, 0.05) is 24.0 Å². The third kappa shape index (κ3) is 13.7. The van der Waals surface area contributed by atoms with Crippen molar-refractivity contribution in [2.75, 3.05) is 0 Å². The molecule has 0 spiro atoms. The molecule has 3 N–H and O–H groups in total. The van der Waals surface area contributed by atoms with E-state index >= 15 is 0 Å². The van der Waals surface area contributed by atoms with Gasteiger partial charge in [-0.2, -0.15) is 0 Å². The van der Waals surface area contributed by atoms with Crippen LogP contribution in [-0.2, 0) is 37.9 Å². The molecule has 3 aromatic rings. The van der Waals surface area contributed by atoms with Crippen molar-refractivity contribution in [1.29, 1.82) is 0 Å². The van der Waals surface area contributed by atoms with E-state index in [4.69, 9.17) is 19.9 Å². The maximum absolute atomic E-state index is 12.8. The number of carboxylic acids is 2. The second kappa shape index (κ2) is 24.1. The van der Waals surface area contributed by atoms with Crippen molar-refractivity contribution in [1.82, 2.24) is 19.9 Å².